The van der Waals surface area contributed by atoms with Crippen molar-refractivity contribution in [2.75, 3.05) is 6.54 Å². The second-order valence-electron chi connectivity index (χ2n) is 7.56. The Labute approximate surface area is 161 Å². The van der Waals surface area contributed by atoms with E-state index in [-0.39, 0.29) is 11.5 Å². The van der Waals surface area contributed by atoms with Gasteiger partial charge >= 0.3 is 6.18 Å². The van der Waals surface area contributed by atoms with Crippen LogP contribution in [-0.4, -0.2) is 32.0 Å². The average Bonchev–Trinajstić information content (AvgIpc) is 3.05. The van der Waals surface area contributed by atoms with Gasteiger partial charge in [0.25, 0.3) is 0 Å². The van der Waals surface area contributed by atoms with Crippen LogP contribution in [0.4, 0.5) is 13.2 Å². The Balaban J connectivity index is 1.42. The van der Waals surface area contributed by atoms with Crippen LogP contribution in [0.2, 0.25) is 0 Å². The lowest BCUT2D eigenvalue weighted by molar-refractivity contribution is -0.142. The highest BCUT2D eigenvalue weighted by Crippen LogP contribution is 2.39. The van der Waals surface area contributed by atoms with Gasteiger partial charge in [0.2, 0.25) is 5.91 Å². The predicted octanol–water partition coefficient (Wildman–Crippen LogP) is 3.23. The lowest BCUT2D eigenvalue weighted by Crippen LogP contribution is -2.35. The molecule has 0 aliphatic heterocycles. The molecule has 152 valence electrons. The fraction of sp³-hybridized carbons (Fsp3) is 0.632. The van der Waals surface area contributed by atoms with Crippen LogP contribution in [0.15, 0.2) is 12.3 Å². The maximum absolute atomic E-state index is 13.3. The Bertz CT molecular complexity index is 866. The van der Waals surface area contributed by atoms with E-state index < -0.39 is 17.9 Å². The summed E-state index contributed by atoms with van der Waals surface area (Å²) in [5.74, 6) is 0.271. The van der Waals surface area contributed by atoms with Crippen LogP contribution in [-0.2, 0) is 30.4 Å². The lowest BCUT2D eigenvalue weighted by Gasteiger charge is -2.18. The monoisotopic (exact) mass is 395 g/mol. The van der Waals surface area contributed by atoms with Gasteiger partial charge in [-0.1, -0.05) is 6.92 Å². The number of hydrogen-bond acceptors (Lipinski definition) is 3. The van der Waals surface area contributed by atoms with Crippen molar-refractivity contribution in [3.8, 4) is 0 Å². The first kappa shape index (κ1) is 19.0. The molecule has 0 bridgehead atoms. The summed E-state index contributed by atoms with van der Waals surface area (Å²) in [6.07, 6.45) is 1.70. The zero-order valence-corrected chi connectivity index (χ0v) is 15.8. The third kappa shape index (κ3) is 3.66. The first-order valence-corrected chi connectivity index (χ1v) is 9.87. The maximum atomic E-state index is 13.3. The van der Waals surface area contributed by atoms with Gasteiger partial charge in [-0.15, -0.1) is 0 Å². The molecule has 2 aliphatic carbocycles. The van der Waals surface area contributed by atoms with Gasteiger partial charge in [0.1, 0.15) is 6.04 Å². The summed E-state index contributed by atoms with van der Waals surface area (Å²) < 4.78 is 43.0. The summed E-state index contributed by atoms with van der Waals surface area (Å²) in [5.41, 5.74) is 1.05. The van der Waals surface area contributed by atoms with Crippen molar-refractivity contribution in [3.63, 3.8) is 0 Å². The average molecular weight is 395 g/mol. The zero-order valence-electron chi connectivity index (χ0n) is 15.8. The number of fused-ring (bicyclic) bond motifs is 1. The van der Waals surface area contributed by atoms with Crippen molar-refractivity contribution in [2.45, 2.75) is 70.1 Å². The molecule has 1 unspecified atom stereocenters. The summed E-state index contributed by atoms with van der Waals surface area (Å²) in [6, 6.07) is 1.27. The molecule has 9 heteroatoms. The molecule has 0 spiro atoms. The number of aromatic nitrogens is 4. The smallest absolute Gasteiger partial charge is 0.352 e. The normalized spacial score (nSPS) is 17.6. The molecule has 0 saturated heterocycles. The first-order chi connectivity index (χ1) is 13.4. The molecule has 4 rings (SSSR count). The van der Waals surface area contributed by atoms with Crippen LogP contribution >= 0.6 is 0 Å². The Hall–Kier alpha value is -2.32. The van der Waals surface area contributed by atoms with Crippen LogP contribution < -0.4 is 5.32 Å². The highest BCUT2D eigenvalue weighted by atomic mass is 19.4. The van der Waals surface area contributed by atoms with Crippen molar-refractivity contribution in [1.82, 2.24) is 24.9 Å². The van der Waals surface area contributed by atoms with Gasteiger partial charge in [0.15, 0.2) is 5.69 Å². The molecule has 1 N–H and O–H groups in total. The van der Waals surface area contributed by atoms with Gasteiger partial charge in [-0.2, -0.15) is 23.4 Å². The predicted molar refractivity (Wildman–Crippen MR) is 95.8 cm³/mol. The molecule has 0 radical (unpaired) electrons. The van der Waals surface area contributed by atoms with Crippen LogP contribution in [0.3, 0.4) is 0 Å². The van der Waals surface area contributed by atoms with Gasteiger partial charge < -0.3 is 5.32 Å². The molecular weight excluding hydrogens is 371 g/mol. The fourth-order valence-electron chi connectivity index (χ4n) is 3.93. The number of rotatable bonds is 7. The van der Waals surface area contributed by atoms with E-state index in [1.807, 2.05) is 12.3 Å². The summed E-state index contributed by atoms with van der Waals surface area (Å²) in [4.78, 5) is 12.7. The molecule has 1 amide bonds. The molecule has 1 atom stereocenters. The zero-order chi connectivity index (χ0) is 19.9. The first-order valence-electron chi connectivity index (χ1n) is 9.87. The summed E-state index contributed by atoms with van der Waals surface area (Å²) >= 11 is 0. The van der Waals surface area contributed by atoms with E-state index in [4.69, 9.17) is 0 Å². The van der Waals surface area contributed by atoms with Gasteiger partial charge in [0, 0.05) is 29.9 Å². The molecule has 2 aromatic heterocycles. The number of carbonyl (C=O) groups excluding carboxylic acids is 1. The third-order valence-electron chi connectivity index (χ3n) is 5.51. The molecule has 1 saturated carbocycles. The van der Waals surface area contributed by atoms with Crippen molar-refractivity contribution < 1.29 is 18.0 Å². The molecule has 28 heavy (non-hydrogen) atoms. The second-order valence-corrected chi connectivity index (χ2v) is 7.56. The van der Waals surface area contributed by atoms with Crippen molar-refractivity contribution in [3.05, 3.63) is 34.9 Å². The molecular formula is C19H24F3N5O. The highest BCUT2D eigenvalue weighted by Gasteiger charge is 2.41. The minimum absolute atomic E-state index is 0.253. The van der Waals surface area contributed by atoms with E-state index in [2.05, 4.69) is 15.5 Å². The van der Waals surface area contributed by atoms with E-state index in [9.17, 15) is 18.0 Å². The Kier molecular flexibility index (Phi) is 4.93. The molecule has 1 fully saturated rings. The third-order valence-corrected chi connectivity index (χ3v) is 5.51. The van der Waals surface area contributed by atoms with Gasteiger partial charge in [-0.3, -0.25) is 14.2 Å². The highest BCUT2D eigenvalue weighted by molar-refractivity contribution is 5.80. The SMILES string of the molecule is CCC(C(=O)NCCn1ccc(C2CC2)n1)n1nc(C(F)(F)F)c2c1CCC2. The van der Waals surface area contributed by atoms with Crippen LogP contribution in [0.1, 0.15) is 67.2 Å². The minimum Gasteiger partial charge on any atom is -0.352 e. The number of amides is 1. The van der Waals surface area contributed by atoms with E-state index >= 15 is 0 Å². The number of hydrogen-bond donors (Lipinski definition) is 1. The lowest BCUT2D eigenvalue weighted by atomic mass is 10.1. The standard InChI is InChI=1S/C19H24F3N5O/c1-2-15(27-16-5-3-4-13(16)17(25-27)19(20,21)22)18(28)23-9-11-26-10-8-14(24-26)12-6-7-12/h8,10,12,15H,2-7,9,11H2,1H3,(H,23,28). The largest absolute Gasteiger partial charge is 0.435 e. The molecule has 2 heterocycles. The molecule has 2 aromatic rings. The number of nitrogens with one attached hydrogen (secondary N) is 1. The van der Waals surface area contributed by atoms with Gasteiger partial charge in [0.05, 0.1) is 12.2 Å². The summed E-state index contributed by atoms with van der Waals surface area (Å²) in [6.45, 7) is 2.69. The van der Waals surface area contributed by atoms with E-state index in [1.54, 1.807) is 11.6 Å². The van der Waals surface area contributed by atoms with Crippen molar-refractivity contribution >= 4 is 5.91 Å². The topological polar surface area (TPSA) is 64.7 Å². The summed E-state index contributed by atoms with van der Waals surface area (Å²) in [5, 5.41) is 11.1. The van der Waals surface area contributed by atoms with E-state index in [1.165, 1.54) is 17.5 Å². The van der Waals surface area contributed by atoms with Crippen LogP contribution in [0.25, 0.3) is 0 Å². The Morgan fingerprint density at radius 2 is 2.11 bits per heavy atom. The van der Waals surface area contributed by atoms with Crippen molar-refractivity contribution in [1.29, 1.82) is 0 Å². The maximum Gasteiger partial charge on any atom is 0.435 e. The fourth-order valence-corrected chi connectivity index (χ4v) is 3.93. The Morgan fingerprint density at radius 1 is 1.32 bits per heavy atom. The molecule has 0 aromatic carbocycles. The number of carbonyl (C=O) groups is 1. The Morgan fingerprint density at radius 3 is 2.79 bits per heavy atom. The number of alkyl halides is 3. The van der Waals surface area contributed by atoms with Gasteiger partial charge in [-0.05, 0) is 44.6 Å². The number of halogens is 3. The van der Waals surface area contributed by atoms with E-state index in [0.29, 0.717) is 50.4 Å². The number of nitrogens with zero attached hydrogens (tertiary/aromatic N) is 4. The molecule has 2 aliphatic rings. The van der Waals surface area contributed by atoms with Crippen LogP contribution in [0, 0.1) is 0 Å². The van der Waals surface area contributed by atoms with Crippen molar-refractivity contribution in [2.24, 2.45) is 0 Å². The van der Waals surface area contributed by atoms with Crippen LogP contribution in [0.5, 0.6) is 0 Å². The molecule has 6 nitrogen and oxygen atoms in total. The van der Waals surface area contributed by atoms with E-state index in [0.717, 1.165) is 5.69 Å². The van der Waals surface area contributed by atoms with Gasteiger partial charge in [-0.25, -0.2) is 0 Å². The minimum atomic E-state index is -4.49. The summed E-state index contributed by atoms with van der Waals surface area (Å²) in [7, 11) is 0. The second kappa shape index (κ2) is 7.25. The quantitative estimate of drug-likeness (QED) is 0.783.